The minimum atomic E-state index is 0.615. The largest absolute Gasteiger partial charge is 0.338 e. The highest BCUT2D eigenvalue weighted by molar-refractivity contribution is 7.13. The minimum absolute atomic E-state index is 0.615. The third-order valence-electron chi connectivity index (χ3n) is 1.95. The molecule has 0 bridgehead atoms. The van der Waals surface area contributed by atoms with E-state index in [9.17, 15) is 0 Å². The third-order valence-corrected chi connectivity index (χ3v) is 2.72. The fourth-order valence-corrected chi connectivity index (χ4v) is 1.77. The Morgan fingerprint density at radius 3 is 3.06 bits per heavy atom. The molecule has 2 aromatic heterocycles. The van der Waals surface area contributed by atoms with E-state index >= 15 is 0 Å². The van der Waals surface area contributed by atoms with Crippen LogP contribution in [0.3, 0.4) is 0 Å². The van der Waals surface area contributed by atoms with Crippen molar-refractivity contribution in [3.05, 3.63) is 17.6 Å². The first kappa shape index (κ1) is 11.2. The lowest BCUT2D eigenvalue weighted by molar-refractivity contribution is 0.364. The summed E-state index contributed by atoms with van der Waals surface area (Å²) in [4.78, 5) is 9.18. The first-order valence-corrected chi connectivity index (χ1v) is 6.06. The quantitative estimate of drug-likeness (QED) is 0.862. The SMILES string of the molecule is CC(C)CNCc1nc(-c2cncs2)no1. The van der Waals surface area contributed by atoms with Crippen LogP contribution in [0.25, 0.3) is 10.7 Å². The second kappa shape index (κ2) is 5.18. The standard InChI is InChI=1S/C10H14N4OS/c1-7(2)3-11-5-9-13-10(14-15-9)8-4-12-6-16-8/h4,6-7,11H,3,5H2,1-2H3. The van der Waals surface area contributed by atoms with Crippen LogP contribution in [0.4, 0.5) is 0 Å². The monoisotopic (exact) mass is 238 g/mol. The molecule has 5 nitrogen and oxygen atoms in total. The predicted octanol–water partition coefficient (Wildman–Crippen LogP) is 1.94. The smallest absolute Gasteiger partial charge is 0.240 e. The molecule has 0 aliphatic rings. The van der Waals surface area contributed by atoms with Crippen LogP contribution < -0.4 is 5.32 Å². The van der Waals surface area contributed by atoms with Gasteiger partial charge in [0.15, 0.2) is 0 Å². The van der Waals surface area contributed by atoms with Gasteiger partial charge in [0.25, 0.3) is 0 Å². The average molecular weight is 238 g/mol. The molecule has 0 radical (unpaired) electrons. The van der Waals surface area contributed by atoms with Crippen molar-refractivity contribution in [2.75, 3.05) is 6.54 Å². The summed E-state index contributed by atoms with van der Waals surface area (Å²) in [6, 6.07) is 0. The van der Waals surface area contributed by atoms with E-state index in [2.05, 4.69) is 34.3 Å². The summed E-state index contributed by atoms with van der Waals surface area (Å²) in [5.74, 6) is 1.84. The van der Waals surface area contributed by atoms with Crippen LogP contribution in [0.1, 0.15) is 19.7 Å². The Morgan fingerprint density at radius 1 is 1.50 bits per heavy atom. The Balaban J connectivity index is 1.93. The molecule has 0 saturated heterocycles. The van der Waals surface area contributed by atoms with Gasteiger partial charge in [-0.15, -0.1) is 11.3 Å². The van der Waals surface area contributed by atoms with Gasteiger partial charge in [0, 0.05) is 6.20 Å². The van der Waals surface area contributed by atoms with Gasteiger partial charge in [-0.25, -0.2) is 0 Å². The third kappa shape index (κ3) is 2.86. The maximum Gasteiger partial charge on any atom is 0.240 e. The zero-order chi connectivity index (χ0) is 11.4. The highest BCUT2D eigenvalue weighted by Gasteiger charge is 2.09. The van der Waals surface area contributed by atoms with Crippen molar-refractivity contribution in [1.82, 2.24) is 20.4 Å². The zero-order valence-corrected chi connectivity index (χ0v) is 10.1. The number of thiazole rings is 1. The maximum atomic E-state index is 5.13. The number of nitrogens with zero attached hydrogens (tertiary/aromatic N) is 3. The molecule has 0 aromatic carbocycles. The highest BCUT2D eigenvalue weighted by atomic mass is 32.1. The molecule has 0 atom stereocenters. The molecular formula is C10H14N4OS. The van der Waals surface area contributed by atoms with E-state index in [1.165, 1.54) is 11.3 Å². The molecule has 0 saturated carbocycles. The fraction of sp³-hybridized carbons (Fsp3) is 0.500. The molecule has 0 aliphatic heterocycles. The molecule has 86 valence electrons. The number of rotatable bonds is 5. The van der Waals surface area contributed by atoms with Crippen molar-refractivity contribution >= 4 is 11.3 Å². The van der Waals surface area contributed by atoms with Crippen LogP contribution >= 0.6 is 11.3 Å². The summed E-state index contributed by atoms with van der Waals surface area (Å²) in [6.45, 7) is 5.87. The van der Waals surface area contributed by atoms with Gasteiger partial charge in [0.2, 0.25) is 11.7 Å². The van der Waals surface area contributed by atoms with E-state index in [4.69, 9.17) is 4.52 Å². The highest BCUT2D eigenvalue weighted by Crippen LogP contribution is 2.19. The first-order chi connectivity index (χ1) is 7.75. The van der Waals surface area contributed by atoms with E-state index in [0.717, 1.165) is 11.4 Å². The van der Waals surface area contributed by atoms with Crippen LogP contribution in [0.2, 0.25) is 0 Å². The first-order valence-electron chi connectivity index (χ1n) is 5.18. The molecule has 0 fully saturated rings. The Morgan fingerprint density at radius 2 is 2.38 bits per heavy atom. The zero-order valence-electron chi connectivity index (χ0n) is 9.30. The van der Waals surface area contributed by atoms with Crippen LogP contribution in [-0.4, -0.2) is 21.7 Å². The average Bonchev–Trinajstić information content (AvgIpc) is 2.85. The second-order valence-corrected chi connectivity index (χ2v) is 4.79. The van der Waals surface area contributed by atoms with E-state index in [1.807, 2.05) is 0 Å². The van der Waals surface area contributed by atoms with Gasteiger partial charge in [-0.2, -0.15) is 4.98 Å². The Hall–Kier alpha value is -1.27. The summed E-state index contributed by atoms with van der Waals surface area (Å²) < 4.78 is 5.13. The number of aromatic nitrogens is 3. The van der Waals surface area contributed by atoms with Gasteiger partial charge in [-0.1, -0.05) is 19.0 Å². The Bertz CT molecular complexity index is 424. The Kier molecular flexibility index (Phi) is 3.63. The van der Waals surface area contributed by atoms with Gasteiger partial charge < -0.3 is 9.84 Å². The molecule has 0 spiro atoms. The molecule has 6 heteroatoms. The van der Waals surface area contributed by atoms with Crippen molar-refractivity contribution in [3.8, 4) is 10.7 Å². The van der Waals surface area contributed by atoms with Crippen LogP contribution in [-0.2, 0) is 6.54 Å². The van der Waals surface area contributed by atoms with Gasteiger partial charge in [-0.3, -0.25) is 4.98 Å². The van der Waals surface area contributed by atoms with Gasteiger partial charge in [-0.05, 0) is 12.5 Å². The van der Waals surface area contributed by atoms with Crippen molar-refractivity contribution in [2.45, 2.75) is 20.4 Å². The molecule has 2 rings (SSSR count). The summed E-state index contributed by atoms with van der Waals surface area (Å²) in [5, 5.41) is 7.15. The summed E-state index contributed by atoms with van der Waals surface area (Å²) in [6.07, 6.45) is 1.74. The summed E-state index contributed by atoms with van der Waals surface area (Å²) in [5.41, 5.74) is 1.75. The van der Waals surface area contributed by atoms with Crippen molar-refractivity contribution < 1.29 is 4.52 Å². The van der Waals surface area contributed by atoms with Gasteiger partial charge in [0.05, 0.1) is 16.9 Å². The Labute approximate surface area is 97.9 Å². The van der Waals surface area contributed by atoms with E-state index in [-0.39, 0.29) is 0 Å². The molecule has 0 aliphatic carbocycles. The molecule has 16 heavy (non-hydrogen) atoms. The van der Waals surface area contributed by atoms with Gasteiger partial charge >= 0.3 is 0 Å². The van der Waals surface area contributed by atoms with Crippen LogP contribution in [0.15, 0.2) is 16.2 Å². The topological polar surface area (TPSA) is 63.8 Å². The van der Waals surface area contributed by atoms with Crippen molar-refractivity contribution in [3.63, 3.8) is 0 Å². The van der Waals surface area contributed by atoms with Crippen LogP contribution in [0.5, 0.6) is 0 Å². The molecule has 2 heterocycles. The maximum absolute atomic E-state index is 5.13. The molecular weight excluding hydrogens is 224 g/mol. The second-order valence-electron chi connectivity index (χ2n) is 3.90. The minimum Gasteiger partial charge on any atom is -0.338 e. The lowest BCUT2D eigenvalue weighted by atomic mass is 10.2. The lowest BCUT2D eigenvalue weighted by Gasteiger charge is -2.03. The van der Waals surface area contributed by atoms with E-state index in [0.29, 0.717) is 24.2 Å². The lowest BCUT2D eigenvalue weighted by Crippen LogP contribution is -2.19. The molecule has 0 amide bonds. The summed E-state index contributed by atoms with van der Waals surface area (Å²) >= 11 is 1.50. The normalized spacial score (nSPS) is 11.2. The van der Waals surface area contributed by atoms with Crippen molar-refractivity contribution in [2.24, 2.45) is 5.92 Å². The van der Waals surface area contributed by atoms with Gasteiger partial charge in [0.1, 0.15) is 0 Å². The number of hydrogen-bond acceptors (Lipinski definition) is 6. The van der Waals surface area contributed by atoms with Crippen molar-refractivity contribution in [1.29, 1.82) is 0 Å². The number of nitrogens with one attached hydrogen (secondary N) is 1. The number of hydrogen-bond donors (Lipinski definition) is 1. The van der Waals surface area contributed by atoms with Crippen LogP contribution in [0, 0.1) is 5.92 Å². The summed E-state index contributed by atoms with van der Waals surface area (Å²) in [7, 11) is 0. The molecule has 0 unspecified atom stereocenters. The van der Waals surface area contributed by atoms with E-state index < -0.39 is 0 Å². The molecule has 1 N–H and O–H groups in total. The van der Waals surface area contributed by atoms with E-state index in [1.54, 1.807) is 11.7 Å². The predicted molar refractivity (Wildman–Crippen MR) is 62.0 cm³/mol. The fourth-order valence-electron chi connectivity index (χ4n) is 1.22. The molecule has 2 aromatic rings.